The molecule has 0 aromatic heterocycles. The topological polar surface area (TPSA) is 0 Å². The molecule has 0 aliphatic heterocycles. The van der Waals surface area contributed by atoms with Gasteiger partial charge in [-0.2, -0.15) is 0 Å². The van der Waals surface area contributed by atoms with Crippen molar-refractivity contribution in [1.82, 2.24) is 0 Å². The summed E-state index contributed by atoms with van der Waals surface area (Å²) in [6.07, 6.45) is 2.41. The third-order valence-corrected chi connectivity index (χ3v) is 5.21. The molecule has 0 saturated heterocycles. The van der Waals surface area contributed by atoms with E-state index in [1.165, 1.54) is 0 Å². The molecular formula is C4H6Cl6Si2. The van der Waals surface area contributed by atoms with Crippen LogP contribution in [0.25, 0.3) is 0 Å². The van der Waals surface area contributed by atoms with Gasteiger partial charge in [0.05, 0.1) is 0 Å². The molecule has 0 aliphatic rings. The minimum Gasteiger partial charge on any atom is -0.126 e. The Hall–Kier alpha value is 1.91. The highest BCUT2D eigenvalue weighted by atomic mass is 35.8. The zero-order valence-corrected chi connectivity index (χ0v) is 12.4. The molecule has 12 heavy (non-hydrogen) atoms. The smallest absolute Gasteiger partial charge is 0.126 e. The van der Waals surface area contributed by atoms with Crippen LogP contribution in [0.1, 0.15) is 6.42 Å². The lowest BCUT2D eigenvalue weighted by atomic mass is 10.5. The molecule has 0 unspecified atom stereocenters. The van der Waals surface area contributed by atoms with E-state index >= 15 is 0 Å². The standard InChI is InChI=1S/C4H6Cl6Si2/c5-11(6,7)3-1-2-4-12(8,9)10/h1,3H,2,4H2. The Morgan fingerprint density at radius 3 is 1.75 bits per heavy atom. The largest absolute Gasteiger partial charge is 0.365 e. The minimum atomic E-state index is -2.63. The fraction of sp³-hybridized carbons (Fsp3) is 0.500. The van der Waals surface area contributed by atoms with Crippen LogP contribution in [-0.4, -0.2) is 12.0 Å². The maximum absolute atomic E-state index is 5.63. The molecule has 72 valence electrons. The van der Waals surface area contributed by atoms with Crippen LogP contribution >= 0.6 is 66.5 Å². The van der Waals surface area contributed by atoms with Gasteiger partial charge in [-0.05, 0) is 12.5 Å². The van der Waals surface area contributed by atoms with Crippen LogP contribution in [0, 0.1) is 0 Å². The molecule has 0 rings (SSSR count). The molecule has 0 amide bonds. The van der Waals surface area contributed by atoms with E-state index in [0.29, 0.717) is 12.5 Å². The van der Waals surface area contributed by atoms with Crippen LogP contribution < -0.4 is 0 Å². The van der Waals surface area contributed by atoms with E-state index in [2.05, 4.69) is 0 Å². The molecule has 0 nitrogen and oxygen atoms in total. The Labute approximate surface area is 102 Å². The monoisotopic (exact) mass is 320 g/mol. The maximum atomic E-state index is 5.63. The van der Waals surface area contributed by atoms with Gasteiger partial charge in [-0.25, -0.2) is 0 Å². The van der Waals surface area contributed by atoms with Gasteiger partial charge < -0.3 is 0 Å². The van der Waals surface area contributed by atoms with Crippen molar-refractivity contribution in [3.8, 4) is 0 Å². The van der Waals surface area contributed by atoms with Crippen LogP contribution in [0.5, 0.6) is 0 Å². The summed E-state index contributed by atoms with van der Waals surface area (Å²) < 4.78 is 0. The molecule has 0 saturated carbocycles. The van der Waals surface area contributed by atoms with Gasteiger partial charge in [-0.3, -0.25) is 0 Å². The molecule has 0 radical (unpaired) electrons. The van der Waals surface area contributed by atoms with Crippen LogP contribution in [0.2, 0.25) is 6.04 Å². The van der Waals surface area contributed by atoms with Crippen molar-refractivity contribution in [2.45, 2.75) is 12.5 Å². The van der Waals surface area contributed by atoms with Gasteiger partial charge in [0.1, 0.15) is 0 Å². The Morgan fingerprint density at radius 1 is 0.917 bits per heavy atom. The van der Waals surface area contributed by atoms with Gasteiger partial charge in [0.15, 0.2) is 0 Å². The lowest BCUT2D eigenvalue weighted by Gasteiger charge is -2.04. The van der Waals surface area contributed by atoms with Gasteiger partial charge in [0.25, 0.3) is 0 Å². The third kappa shape index (κ3) is 11.9. The normalized spacial score (nSPS) is 14.2. The Bertz CT molecular complexity index is 156. The van der Waals surface area contributed by atoms with E-state index in [1.807, 2.05) is 0 Å². The molecule has 0 heterocycles. The number of halogens is 6. The predicted octanol–water partition coefficient (Wildman–Crippen LogP) is 4.78. The first-order chi connectivity index (χ1) is 5.21. The second-order valence-electron chi connectivity index (χ2n) is 2.10. The van der Waals surface area contributed by atoms with Gasteiger partial charge in [0.2, 0.25) is 0 Å². The first-order valence-corrected chi connectivity index (χ1v) is 13.4. The maximum Gasteiger partial charge on any atom is 0.365 e. The molecular weight excluding hydrogens is 317 g/mol. The first kappa shape index (κ1) is 13.9. The number of allylic oxidation sites excluding steroid dienone is 1. The quantitative estimate of drug-likeness (QED) is 0.516. The van der Waals surface area contributed by atoms with Crippen molar-refractivity contribution in [2.24, 2.45) is 0 Å². The van der Waals surface area contributed by atoms with Crippen LogP contribution in [-0.2, 0) is 0 Å². The fourth-order valence-corrected chi connectivity index (χ4v) is 3.18. The highest BCUT2D eigenvalue weighted by Crippen LogP contribution is 2.27. The summed E-state index contributed by atoms with van der Waals surface area (Å²) in [5, 5.41) is 0. The van der Waals surface area contributed by atoms with Gasteiger partial charge in [0, 0.05) is 0 Å². The summed E-state index contributed by atoms with van der Waals surface area (Å²) in [6.45, 7) is 0. The van der Waals surface area contributed by atoms with E-state index in [0.717, 1.165) is 0 Å². The zero-order valence-electron chi connectivity index (χ0n) is 5.84. The summed E-state index contributed by atoms with van der Waals surface area (Å²) in [7, 11) is 0. The number of hydrogen-bond donors (Lipinski definition) is 0. The zero-order chi connectivity index (χ0) is 9.83. The highest BCUT2D eigenvalue weighted by Gasteiger charge is 2.24. The predicted molar refractivity (Wildman–Crippen MR) is 65.2 cm³/mol. The van der Waals surface area contributed by atoms with E-state index in [4.69, 9.17) is 66.5 Å². The van der Waals surface area contributed by atoms with Crippen molar-refractivity contribution >= 4 is 78.5 Å². The average molecular weight is 323 g/mol. The van der Waals surface area contributed by atoms with E-state index < -0.39 is 12.0 Å². The van der Waals surface area contributed by atoms with Crippen molar-refractivity contribution in [2.75, 3.05) is 0 Å². The Kier molecular flexibility index (Phi) is 6.62. The summed E-state index contributed by atoms with van der Waals surface area (Å²) in [5.41, 5.74) is 1.59. The fourth-order valence-electron chi connectivity index (χ4n) is 0.464. The Morgan fingerprint density at radius 2 is 1.42 bits per heavy atom. The van der Waals surface area contributed by atoms with E-state index in [-0.39, 0.29) is 0 Å². The lowest BCUT2D eigenvalue weighted by molar-refractivity contribution is 1.21. The van der Waals surface area contributed by atoms with Gasteiger partial charge in [-0.1, -0.05) is 11.8 Å². The van der Waals surface area contributed by atoms with E-state index in [1.54, 1.807) is 11.8 Å². The van der Waals surface area contributed by atoms with E-state index in [9.17, 15) is 0 Å². The average Bonchev–Trinajstić information content (AvgIpc) is 1.76. The molecule has 0 atom stereocenters. The van der Waals surface area contributed by atoms with Crippen molar-refractivity contribution in [1.29, 1.82) is 0 Å². The van der Waals surface area contributed by atoms with Crippen LogP contribution in [0.15, 0.2) is 11.8 Å². The molecule has 0 aromatic carbocycles. The first-order valence-electron chi connectivity index (χ1n) is 3.02. The Balaban J connectivity index is 3.64. The van der Waals surface area contributed by atoms with Crippen LogP contribution in [0.4, 0.5) is 0 Å². The summed E-state index contributed by atoms with van der Waals surface area (Å²) in [5.74, 6) is 0. The van der Waals surface area contributed by atoms with Crippen molar-refractivity contribution in [3.63, 3.8) is 0 Å². The van der Waals surface area contributed by atoms with Gasteiger partial charge >= 0.3 is 12.0 Å². The summed E-state index contributed by atoms with van der Waals surface area (Å²) in [4.78, 5) is 0. The highest BCUT2D eigenvalue weighted by molar-refractivity contribution is 7.66. The SMILES string of the molecule is Cl[Si](Cl)(Cl)C=CCC[Si](Cl)(Cl)Cl. The summed E-state index contributed by atoms with van der Waals surface area (Å²) in [6, 6.07) is -4.57. The second kappa shape index (κ2) is 5.71. The second-order valence-corrected chi connectivity index (χ2v) is 19.9. The summed E-state index contributed by atoms with van der Waals surface area (Å²) >= 11 is 33.6. The molecule has 0 fully saturated rings. The molecule has 8 heteroatoms. The lowest BCUT2D eigenvalue weighted by Crippen LogP contribution is -2.08. The molecule has 0 N–H and O–H groups in total. The molecule has 0 spiro atoms. The minimum absolute atomic E-state index is 0.559. The number of rotatable bonds is 4. The third-order valence-electron chi connectivity index (χ3n) is 0.901. The van der Waals surface area contributed by atoms with Crippen molar-refractivity contribution < 1.29 is 0 Å². The molecule has 0 aliphatic carbocycles. The van der Waals surface area contributed by atoms with Crippen LogP contribution in [0.3, 0.4) is 0 Å². The molecule has 0 bridgehead atoms. The molecule has 0 aromatic rings. The van der Waals surface area contributed by atoms with Crippen molar-refractivity contribution in [3.05, 3.63) is 11.8 Å². The number of hydrogen-bond acceptors (Lipinski definition) is 0. The van der Waals surface area contributed by atoms with Gasteiger partial charge in [-0.15, -0.1) is 66.5 Å².